The van der Waals surface area contributed by atoms with Crippen LogP contribution in [0.1, 0.15) is 10.5 Å². The molecule has 108 valence electrons. The summed E-state index contributed by atoms with van der Waals surface area (Å²) in [7, 11) is 1.55. The summed E-state index contributed by atoms with van der Waals surface area (Å²) in [6.45, 7) is 4.12. The Hall–Kier alpha value is -2.89. The van der Waals surface area contributed by atoms with Crippen molar-refractivity contribution < 1.29 is 9.53 Å². The van der Waals surface area contributed by atoms with Crippen LogP contribution in [-0.4, -0.2) is 29.5 Å². The standard InChI is InChI=1S/C15H16N4O2/c1-3-9-16-15-17-10-8-12(19-15)14(20)18-11-6-4-5-7-13(11)21-2/h3-8,10H,1,9H2,2H3,(H,18,20)(H,16,17,19). The third-order valence-electron chi connectivity index (χ3n) is 2.65. The second kappa shape index (κ2) is 7.04. The topological polar surface area (TPSA) is 76.1 Å². The maximum atomic E-state index is 12.2. The van der Waals surface area contributed by atoms with Crippen LogP contribution in [0.15, 0.2) is 49.2 Å². The fourth-order valence-corrected chi connectivity index (χ4v) is 1.67. The molecule has 0 aliphatic carbocycles. The lowest BCUT2D eigenvalue weighted by atomic mass is 10.2. The number of amides is 1. The van der Waals surface area contributed by atoms with Gasteiger partial charge >= 0.3 is 0 Å². The molecular weight excluding hydrogens is 268 g/mol. The van der Waals surface area contributed by atoms with Crippen molar-refractivity contribution in [2.24, 2.45) is 0 Å². The minimum atomic E-state index is -0.330. The molecule has 0 atom stereocenters. The number of aromatic nitrogens is 2. The zero-order valence-corrected chi connectivity index (χ0v) is 11.7. The molecule has 21 heavy (non-hydrogen) atoms. The minimum absolute atomic E-state index is 0.266. The zero-order valence-electron chi connectivity index (χ0n) is 11.7. The van der Waals surface area contributed by atoms with E-state index < -0.39 is 0 Å². The van der Waals surface area contributed by atoms with Crippen LogP contribution >= 0.6 is 0 Å². The largest absolute Gasteiger partial charge is 0.495 e. The van der Waals surface area contributed by atoms with E-state index in [0.29, 0.717) is 23.9 Å². The summed E-state index contributed by atoms with van der Waals surface area (Å²) in [5.74, 6) is 0.635. The van der Waals surface area contributed by atoms with E-state index in [-0.39, 0.29) is 11.6 Å². The number of ether oxygens (including phenoxy) is 1. The van der Waals surface area contributed by atoms with E-state index in [1.807, 2.05) is 12.1 Å². The SMILES string of the molecule is C=CCNc1nccc(C(=O)Nc2ccccc2OC)n1. The molecule has 6 nitrogen and oxygen atoms in total. The van der Waals surface area contributed by atoms with E-state index >= 15 is 0 Å². The predicted molar refractivity (Wildman–Crippen MR) is 81.7 cm³/mol. The van der Waals surface area contributed by atoms with Crippen molar-refractivity contribution in [3.05, 3.63) is 54.9 Å². The van der Waals surface area contributed by atoms with Gasteiger partial charge in [0.05, 0.1) is 12.8 Å². The summed E-state index contributed by atoms with van der Waals surface area (Å²) in [4.78, 5) is 20.4. The van der Waals surface area contributed by atoms with Crippen molar-refractivity contribution in [2.75, 3.05) is 24.3 Å². The predicted octanol–water partition coefficient (Wildman–Crippen LogP) is 2.34. The molecule has 1 heterocycles. The Labute approximate surface area is 122 Å². The molecule has 0 saturated heterocycles. The Morgan fingerprint density at radius 2 is 2.19 bits per heavy atom. The van der Waals surface area contributed by atoms with Crippen LogP contribution in [0, 0.1) is 0 Å². The Balaban J connectivity index is 2.14. The van der Waals surface area contributed by atoms with Crippen LogP contribution in [0.2, 0.25) is 0 Å². The molecule has 1 aromatic carbocycles. The molecule has 0 radical (unpaired) electrons. The summed E-state index contributed by atoms with van der Waals surface area (Å²) in [6, 6.07) is 8.72. The molecule has 0 fully saturated rings. The van der Waals surface area contributed by atoms with Crippen molar-refractivity contribution in [1.29, 1.82) is 0 Å². The van der Waals surface area contributed by atoms with Gasteiger partial charge in [0.25, 0.3) is 5.91 Å². The first-order valence-electron chi connectivity index (χ1n) is 6.36. The highest BCUT2D eigenvalue weighted by Crippen LogP contribution is 2.23. The van der Waals surface area contributed by atoms with Gasteiger partial charge in [0, 0.05) is 12.7 Å². The fraction of sp³-hybridized carbons (Fsp3) is 0.133. The van der Waals surface area contributed by atoms with Gasteiger partial charge in [-0.05, 0) is 18.2 Å². The molecule has 1 amide bonds. The smallest absolute Gasteiger partial charge is 0.274 e. The van der Waals surface area contributed by atoms with Crippen molar-refractivity contribution in [1.82, 2.24) is 9.97 Å². The third kappa shape index (κ3) is 3.79. The molecule has 1 aromatic heterocycles. The van der Waals surface area contributed by atoms with Gasteiger partial charge in [-0.3, -0.25) is 4.79 Å². The van der Waals surface area contributed by atoms with Gasteiger partial charge in [-0.1, -0.05) is 18.2 Å². The highest BCUT2D eigenvalue weighted by atomic mass is 16.5. The lowest BCUT2D eigenvalue weighted by molar-refractivity contribution is 0.102. The van der Waals surface area contributed by atoms with Gasteiger partial charge in [0.2, 0.25) is 5.95 Å². The van der Waals surface area contributed by atoms with Crippen LogP contribution in [0.4, 0.5) is 11.6 Å². The fourth-order valence-electron chi connectivity index (χ4n) is 1.67. The molecule has 0 saturated carbocycles. The summed E-state index contributed by atoms with van der Waals surface area (Å²) in [5.41, 5.74) is 0.853. The van der Waals surface area contributed by atoms with Crippen molar-refractivity contribution in [3.8, 4) is 5.75 Å². The van der Waals surface area contributed by atoms with Crippen molar-refractivity contribution in [3.63, 3.8) is 0 Å². The molecular formula is C15H16N4O2. The molecule has 2 aromatic rings. The Kier molecular flexibility index (Phi) is 4.87. The van der Waals surface area contributed by atoms with E-state index in [9.17, 15) is 4.79 Å². The van der Waals surface area contributed by atoms with Gasteiger partial charge in [-0.2, -0.15) is 0 Å². The first kappa shape index (κ1) is 14.5. The average Bonchev–Trinajstić information content (AvgIpc) is 2.53. The van der Waals surface area contributed by atoms with Gasteiger partial charge < -0.3 is 15.4 Å². The monoisotopic (exact) mass is 284 g/mol. The van der Waals surface area contributed by atoms with Gasteiger partial charge in [0.1, 0.15) is 11.4 Å². The van der Waals surface area contributed by atoms with Crippen LogP contribution < -0.4 is 15.4 Å². The second-order valence-corrected chi connectivity index (χ2v) is 4.09. The number of carbonyl (C=O) groups excluding carboxylic acids is 1. The number of methoxy groups -OCH3 is 1. The van der Waals surface area contributed by atoms with Crippen LogP contribution in [0.25, 0.3) is 0 Å². The van der Waals surface area contributed by atoms with Gasteiger partial charge in [-0.25, -0.2) is 9.97 Å². The van der Waals surface area contributed by atoms with Gasteiger partial charge in [-0.15, -0.1) is 6.58 Å². The molecule has 0 aliphatic rings. The average molecular weight is 284 g/mol. The Morgan fingerprint density at radius 1 is 1.38 bits per heavy atom. The number of benzene rings is 1. The number of nitrogens with one attached hydrogen (secondary N) is 2. The number of hydrogen-bond acceptors (Lipinski definition) is 5. The van der Waals surface area contributed by atoms with E-state index in [4.69, 9.17) is 4.74 Å². The normalized spacial score (nSPS) is 9.76. The highest BCUT2D eigenvalue weighted by molar-refractivity contribution is 6.03. The van der Waals surface area contributed by atoms with Crippen LogP contribution in [0.5, 0.6) is 5.75 Å². The lowest BCUT2D eigenvalue weighted by Gasteiger charge is -2.09. The van der Waals surface area contributed by atoms with E-state index in [2.05, 4.69) is 27.2 Å². The van der Waals surface area contributed by atoms with E-state index in [1.165, 1.54) is 6.20 Å². The summed E-state index contributed by atoms with van der Waals surface area (Å²) >= 11 is 0. The third-order valence-corrected chi connectivity index (χ3v) is 2.65. The number of hydrogen-bond donors (Lipinski definition) is 2. The van der Waals surface area contributed by atoms with E-state index in [1.54, 1.807) is 31.4 Å². The maximum absolute atomic E-state index is 12.2. The Bertz CT molecular complexity index is 643. The minimum Gasteiger partial charge on any atom is -0.495 e. The number of anilines is 2. The first-order chi connectivity index (χ1) is 10.2. The Morgan fingerprint density at radius 3 is 2.95 bits per heavy atom. The summed E-state index contributed by atoms with van der Waals surface area (Å²) < 4.78 is 5.19. The summed E-state index contributed by atoms with van der Waals surface area (Å²) in [5, 5.41) is 5.69. The second-order valence-electron chi connectivity index (χ2n) is 4.09. The summed E-state index contributed by atoms with van der Waals surface area (Å²) in [6.07, 6.45) is 3.21. The lowest BCUT2D eigenvalue weighted by Crippen LogP contribution is -2.15. The van der Waals surface area contributed by atoms with Gasteiger partial charge in [0.15, 0.2) is 0 Å². The van der Waals surface area contributed by atoms with Crippen molar-refractivity contribution >= 4 is 17.5 Å². The molecule has 0 bridgehead atoms. The molecule has 0 spiro atoms. The molecule has 2 rings (SSSR count). The number of para-hydroxylation sites is 2. The van der Waals surface area contributed by atoms with E-state index in [0.717, 1.165) is 0 Å². The maximum Gasteiger partial charge on any atom is 0.274 e. The molecule has 2 N–H and O–H groups in total. The number of carbonyl (C=O) groups is 1. The number of rotatable bonds is 6. The van der Waals surface area contributed by atoms with Crippen LogP contribution in [-0.2, 0) is 0 Å². The number of nitrogens with zero attached hydrogens (tertiary/aromatic N) is 2. The molecule has 6 heteroatoms. The molecule has 0 aliphatic heterocycles. The first-order valence-corrected chi connectivity index (χ1v) is 6.36. The molecule has 0 unspecified atom stereocenters. The quantitative estimate of drug-likeness (QED) is 0.796. The zero-order chi connectivity index (χ0) is 15.1. The van der Waals surface area contributed by atoms with Crippen LogP contribution in [0.3, 0.4) is 0 Å². The van der Waals surface area contributed by atoms with Crippen molar-refractivity contribution in [2.45, 2.75) is 0 Å². The highest BCUT2D eigenvalue weighted by Gasteiger charge is 2.11.